The lowest BCUT2D eigenvalue weighted by atomic mass is 10.3. The van der Waals surface area contributed by atoms with Crippen LogP contribution in [-0.4, -0.2) is 35.8 Å². The van der Waals surface area contributed by atoms with Crippen molar-refractivity contribution in [1.29, 1.82) is 0 Å². The topological polar surface area (TPSA) is 56.3 Å². The summed E-state index contributed by atoms with van der Waals surface area (Å²) in [5, 5.41) is 3.19. The van der Waals surface area contributed by atoms with Gasteiger partial charge < -0.3 is 14.8 Å². The van der Waals surface area contributed by atoms with E-state index in [2.05, 4.69) is 15.3 Å². The van der Waals surface area contributed by atoms with E-state index in [1.54, 1.807) is 0 Å². The van der Waals surface area contributed by atoms with Gasteiger partial charge in [-0.05, 0) is 27.7 Å². The van der Waals surface area contributed by atoms with E-state index in [1.807, 2.05) is 33.8 Å². The van der Waals surface area contributed by atoms with Crippen molar-refractivity contribution < 1.29 is 9.47 Å². The Balaban J connectivity index is 2.63. The Hall–Kier alpha value is -1.36. The minimum absolute atomic E-state index is 0.172. The van der Waals surface area contributed by atoms with Crippen LogP contribution in [0.5, 0.6) is 5.88 Å². The van der Waals surface area contributed by atoms with Gasteiger partial charge in [0.2, 0.25) is 11.8 Å². The predicted octanol–water partition coefficient (Wildman–Crippen LogP) is 2.02. The van der Waals surface area contributed by atoms with Gasteiger partial charge in [-0.25, -0.2) is 4.98 Å². The summed E-state index contributed by atoms with van der Waals surface area (Å²) in [5.41, 5.74) is 0.884. The van der Waals surface area contributed by atoms with Crippen LogP contribution in [0.15, 0.2) is 6.07 Å². The Kier molecular flexibility index (Phi) is 5.69. The second-order valence-corrected chi connectivity index (χ2v) is 3.81. The first kappa shape index (κ1) is 13.7. The molecule has 0 saturated heterocycles. The molecular formula is C12H21N3O2. The molecule has 1 atom stereocenters. The van der Waals surface area contributed by atoms with Crippen molar-refractivity contribution in [3.63, 3.8) is 0 Å². The summed E-state index contributed by atoms with van der Waals surface area (Å²) >= 11 is 0. The molecule has 5 heteroatoms. The van der Waals surface area contributed by atoms with E-state index in [4.69, 9.17) is 9.47 Å². The highest BCUT2D eigenvalue weighted by molar-refractivity contribution is 5.31. The van der Waals surface area contributed by atoms with Gasteiger partial charge in [-0.1, -0.05) is 0 Å². The molecule has 0 spiro atoms. The number of ether oxygens (including phenoxy) is 2. The van der Waals surface area contributed by atoms with E-state index in [-0.39, 0.29) is 6.04 Å². The summed E-state index contributed by atoms with van der Waals surface area (Å²) in [5.74, 6) is 1.19. The molecule has 0 aromatic carbocycles. The second kappa shape index (κ2) is 7.06. The van der Waals surface area contributed by atoms with Crippen molar-refractivity contribution in [3.8, 4) is 5.88 Å². The lowest BCUT2D eigenvalue weighted by molar-refractivity contribution is 0.141. The first-order valence-corrected chi connectivity index (χ1v) is 5.98. The SMILES string of the molecule is CCOCC(C)Nc1nc(C)cc(OCC)n1. The summed E-state index contributed by atoms with van der Waals surface area (Å²) in [6.07, 6.45) is 0. The molecule has 0 amide bonds. The molecule has 96 valence electrons. The molecule has 1 rings (SSSR count). The quantitative estimate of drug-likeness (QED) is 0.789. The summed E-state index contributed by atoms with van der Waals surface area (Å²) in [6.45, 7) is 9.81. The van der Waals surface area contributed by atoms with Gasteiger partial charge in [0, 0.05) is 24.4 Å². The lowest BCUT2D eigenvalue weighted by Crippen LogP contribution is -2.23. The Morgan fingerprint density at radius 1 is 1.29 bits per heavy atom. The Morgan fingerprint density at radius 2 is 2.06 bits per heavy atom. The zero-order chi connectivity index (χ0) is 12.7. The standard InChI is InChI=1S/C12H21N3O2/c1-5-16-8-10(4)14-12-13-9(3)7-11(15-12)17-6-2/h7,10H,5-6,8H2,1-4H3,(H,13,14,15). The van der Waals surface area contributed by atoms with Crippen LogP contribution in [0.4, 0.5) is 5.95 Å². The van der Waals surface area contributed by atoms with Crippen LogP contribution in [0.3, 0.4) is 0 Å². The zero-order valence-corrected chi connectivity index (χ0v) is 11.0. The number of aryl methyl sites for hydroxylation is 1. The molecule has 1 heterocycles. The van der Waals surface area contributed by atoms with Gasteiger partial charge >= 0.3 is 0 Å². The largest absolute Gasteiger partial charge is 0.478 e. The number of aromatic nitrogens is 2. The lowest BCUT2D eigenvalue weighted by Gasteiger charge is -2.14. The average molecular weight is 239 g/mol. The summed E-state index contributed by atoms with van der Waals surface area (Å²) < 4.78 is 10.7. The Bertz CT molecular complexity index is 345. The van der Waals surface area contributed by atoms with E-state index in [1.165, 1.54) is 0 Å². The number of hydrogen-bond donors (Lipinski definition) is 1. The van der Waals surface area contributed by atoms with Crippen LogP contribution in [0, 0.1) is 6.92 Å². The minimum Gasteiger partial charge on any atom is -0.478 e. The minimum atomic E-state index is 0.172. The number of rotatable bonds is 7. The number of nitrogens with zero attached hydrogens (tertiary/aromatic N) is 2. The maximum absolute atomic E-state index is 5.37. The molecule has 0 aliphatic carbocycles. The van der Waals surface area contributed by atoms with E-state index in [9.17, 15) is 0 Å². The number of hydrogen-bond acceptors (Lipinski definition) is 5. The number of nitrogens with one attached hydrogen (secondary N) is 1. The van der Waals surface area contributed by atoms with Crippen LogP contribution in [0.1, 0.15) is 26.5 Å². The van der Waals surface area contributed by atoms with Gasteiger partial charge in [0.15, 0.2) is 0 Å². The molecule has 1 aromatic rings. The zero-order valence-electron chi connectivity index (χ0n) is 11.0. The fourth-order valence-corrected chi connectivity index (χ4v) is 1.38. The molecular weight excluding hydrogens is 218 g/mol. The van der Waals surface area contributed by atoms with Gasteiger partial charge in [0.25, 0.3) is 0 Å². The second-order valence-electron chi connectivity index (χ2n) is 3.81. The monoisotopic (exact) mass is 239 g/mol. The van der Waals surface area contributed by atoms with E-state index >= 15 is 0 Å². The van der Waals surface area contributed by atoms with Crippen molar-refractivity contribution in [3.05, 3.63) is 11.8 Å². The molecule has 0 aliphatic rings. The maximum atomic E-state index is 5.37. The summed E-state index contributed by atoms with van der Waals surface area (Å²) in [7, 11) is 0. The van der Waals surface area contributed by atoms with E-state index < -0.39 is 0 Å². The average Bonchev–Trinajstić information content (AvgIpc) is 2.26. The van der Waals surface area contributed by atoms with Gasteiger partial charge in [0.1, 0.15) is 0 Å². The van der Waals surface area contributed by atoms with Crippen LogP contribution < -0.4 is 10.1 Å². The Labute approximate surface area is 103 Å². The Morgan fingerprint density at radius 3 is 2.71 bits per heavy atom. The van der Waals surface area contributed by atoms with E-state index in [0.717, 1.165) is 5.69 Å². The molecule has 0 bridgehead atoms. The van der Waals surface area contributed by atoms with Crippen molar-refractivity contribution in [1.82, 2.24) is 9.97 Å². The fourth-order valence-electron chi connectivity index (χ4n) is 1.38. The van der Waals surface area contributed by atoms with Crippen molar-refractivity contribution in [2.45, 2.75) is 33.7 Å². The van der Waals surface area contributed by atoms with Crippen molar-refractivity contribution >= 4 is 5.95 Å². The molecule has 0 aliphatic heterocycles. The maximum Gasteiger partial charge on any atom is 0.226 e. The molecule has 17 heavy (non-hydrogen) atoms. The van der Waals surface area contributed by atoms with Crippen molar-refractivity contribution in [2.24, 2.45) is 0 Å². The normalized spacial score (nSPS) is 12.2. The van der Waals surface area contributed by atoms with Gasteiger partial charge in [-0.2, -0.15) is 4.98 Å². The molecule has 1 aromatic heterocycles. The summed E-state index contributed by atoms with van der Waals surface area (Å²) in [4.78, 5) is 8.58. The third-order valence-electron chi connectivity index (χ3n) is 2.07. The molecule has 5 nitrogen and oxygen atoms in total. The van der Waals surface area contributed by atoms with Gasteiger partial charge in [-0.15, -0.1) is 0 Å². The fraction of sp³-hybridized carbons (Fsp3) is 0.667. The molecule has 1 unspecified atom stereocenters. The van der Waals surface area contributed by atoms with Crippen LogP contribution >= 0.6 is 0 Å². The van der Waals surface area contributed by atoms with Crippen LogP contribution in [-0.2, 0) is 4.74 Å². The molecule has 0 fully saturated rings. The highest BCUT2D eigenvalue weighted by Gasteiger charge is 2.06. The molecule has 0 radical (unpaired) electrons. The molecule has 1 N–H and O–H groups in total. The highest BCUT2D eigenvalue weighted by Crippen LogP contribution is 2.12. The van der Waals surface area contributed by atoms with Gasteiger partial charge in [-0.3, -0.25) is 0 Å². The third-order valence-corrected chi connectivity index (χ3v) is 2.07. The van der Waals surface area contributed by atoms with Gasteiger partial charge in [0.05, 0.1) is 13.2 Å². The summed E-state index contributed by atoms with van der Waals surface area (Å²) in [6, 6.07) is 1.99. The third kappa shape index (κ3) is 4.99. The van der Waals surface area contributed by atoms with Crippen molar-refractivity contribution in [2.75, 3.05) is 25.1 Å². The van der Waals surface area contributed by atoms with E-state index in [0.29, 0.717) is 31.6 Å². The smallest absolute Gasteiger partial charge is 0.226 e. The first-order valence-electron chi connectivity index (χ1n) is 5.98. The molecule has 0 saturated carbocycles. The predicted molar refractivity (Wildman–Crippen MR) is 67.5 cm³/mol. The first-order chi connectivity index (χ1) is 8.15. The number of anilines is 1. The van der Waals surface area contributed by atoms with Crippen LogP contribution in [0.25, 0.3) is 0 Å². The van der Waals surface area contributed by atoms with Crippen LogP contribution in [0.2, 0.25) is 0 Å². The highest BCUT2D eigenvalue weighted by atomic mass is 16.5.